The molecule has 1 aliphatic rings. The van der Waals surface area contributed by atoms with Crippen molar-refractivity contribution in [1.82, 2.24) is 19.7 Å². The van der Waals surface area contributed by atoms with E-state index in [-0.39, 0.29) is 28.4 Å². The highest BCUT2D eigenvalue weighted by molar-refractivity contribution is 7.91. The van der Waals surface area contributed by atoms with E-state index in [4.69, 9.17) is 8.94 Å². The van der Waals surface area contributed by atoms with Gasteiger partial charge in [0, 0.05) is 12.6 Å². The summed E-state index contributed by atoms with van der Waals surface area (Å²) in [5, 5.41) is 15.2. The van der Waals surface area contributed by atoms with Crippen LogP contribution in [0.15, 0.2) is 42.9 Å². The van der Waals surface area contributed by atoms with Crippen molar-refractivity contribution >= 4 is 33.3 Å². The molecule has 1 unspecified atom stereocenters. The molecule has 10 nitrogen and oxygen atoms in total. The van der Waals surface area contributed by atoms with Crippen LogP contribution in [0, 0.1) is 0 Å². The molecule has 0 spiro atoms. The van der Waals surface area contributed by atoms with E-state index in [9.17, 15) is 13.2 Å². The molecule has 1 saturated heterocycles. The molecule has 3 aromatic heterocycles. The minimum absolute atomic E-state index is 0.0644. The van der Waals surface area contributed by atoms with Crippen molar-refractivity contribution in [3.8, 4) is 11.7 Å². The van der Waals surface area contributed by atoms with E-state index < -0.39 is 22.0 Å². The molecule has 1 amide bonds. The molecule has 0 saturated carbocycles. The molecular weight excluding hydrogens is 394 g/mol. The van der Waals surface area contributed by atoms with Gasteiger partial charge in [0.15, 0.2) is 0 Å². The second-order valence-corrected chi connectivity index (χ2v) is 8.90. The average Bonchev–Trinajstić information content (AvgIpc) is 3.42. The number of nitrogens with zero attached hydrogens (tertiary/aromatic N) is 4. The van der Waals surface area contributed by atoms with Gasteiger partial charge in [-0.3, -0.25) is 10.1 Å². The first-order chi connectivity index (χ1) is 13.1. The zero-order valence-corrected chi connectivity index (χ0v) is 15.6. The summed E-state index contributed by atoms with van der Waals surface area (Å²) in [6, 6.07) is 3.76. The van der Waals surface area contributed by atoms with E-state index in [1.54, 1.807) is 11.4 Å². The average molecular weight is 409 g/mol. The maximum atomic E-state index is 12.9. The SMILES string of the molecule is O=C(Nc1nnc(-c2ccno2)o1)C1CCCCN1S(=O)(=O)c1cccs1. The molecule has 1 aliphatic heterocycles. The molecule has 3 aromatic rings. The highest BCUT2D eigenvalue weighted by atomic mass is 32.2. The topological polar surface area (TPSA) is 131 Å². The van der Waals surface area contributed by atoms with Gasteiger partial charge < -0.3 is 8.94 Å². The Bertz CT molecular complexity index is 1010. The van der Waals surface area contributed by atoms with E-state index in [1.807, 2.05) is 0 Å². The summed E-state index contributed by atoms with van der Waals surface area (Å²) >= 11 is 1.12. The van der Waals surface area contributed by atoms with Crippen molar-refractivity contribution in [3.63, 3.8) is 0 Å². The lowest BCUT2D eigenvalue weighted by Gasteiger charge is -2.32. The molecule has 0 aliphatic carbocycles. The lowest BCUT2D eigenvalue weighted by Crippen LogP contribution is -2.49. The minimum Gasteiger partial charge on any atom is -0.400 e. The Labute approximate surface area is 158 Å². The van der Waals surface area contributed by atoms with Crippen LogP contribution in [0.4, 0.5) is 6.01 Å². The van der Waals surface area contributed by atoms with E-state index in [0.29, 0.717) is 12.8 Å². The van der Waals surface area contributed by atoms with Crippen molar-refractivity contribution < 1.29 is 22.2 Å². The van der Waals surface area contributed by atoms with Gasteiger partial charge in [0.05, 0.1) is 6.20 Å². The van der Waals surface area contributed by atoms with E-state index in [2.05, 4.69) is 20.7 Å². The highest BCUT2D eigenvalue weighted by Crippen LogP contribution is 2.28. The van der Waals surface area contributed by atoms with Gasteiger partial charge in [-0.2, -0.15) is 4.31 Å². The Balaban J connectivity index is 1.53. The maximum Gasteiger partial charge on any atom is 0.322 e. The van der Waals surface area contributed by atoms with Crippen LogP contribution in [-0.4, -0.2) is 46.6 Å². The lowest BCUT2D eigenvalue weighted by molar-refractivity contribution is -0.120. The van der Waals surface area contributed by atoms with Crippen molar-refractivity contribution in [2.24, 2.45) is 0 Å². The number of piperidine rings is 1. The molecule has 0 aromatic carbocycles. The highest BCUT2D eigenvalue weighted by Gasteiger charge is 2.38. The third-order valence-electron chi connectivity index (χ3n) is 4.12. The van der Waals surface area contributed by atoms with Crippen molar-refractivity contribution in [2.75, 3.05) is 11.9 Å². The van der Waals surface area contributed by atoms with Crippen LogP contribution in [0.25, 0.3) is 11.7 Å². The monoisotopic (exact) mass is 409 g/mol. The number of aromatic nitrogens is 3. The van der Waals surface area contributed by atoms with Gasteiger partial charge in [-0.25, -0.2) is 8.42 Å². The van der Waals surface area contributed by atoms with Crippen molar-refractivity contribution in [1.29, 1.82) is 0 Å². The van der Waals surface area contributed by atoms with Crippen LogP contribution in [0.1, 0.15) is 19.3 Å². The number of amides is 1. The number of carbonyl (C=O) groups excluding carboxylic acids is 1. The normalized spacial score (nSPS) is 18.4. The summed E-state index contributed by atoms with van der Waals surface area (Å²) in [6.07, 6.45) is 3.29. The van der Waals surface area contributed by atoms with Gasteiger partial charge >= 0.3 is 6.01 Å². The van der Waals surface area contributed by atoms with E-state index in [1.165, 1.54) is 22.6 Å². The number of carbonyl (C=O) groups is 1. The Hall–Kier alpha value is -2.57. The number of rotatable bonds is 5. The van der Waals surface area contributed by atoms with Crippen molar-refractivity contribution in [3.05, 3.63) is 29.8 Å². The summed E-state index contributed by atoms with van der Waals surface area (Å²) in [6.45, 7) is 0.283. The second kappa shape index (κ2) is 7.21. The molecule has 1 atom stereocenters. The van der Waals surface area contributed by atoms with E-state index >= 15 is 0 Å². The van der Waals surface area contributed by atoms with Crippen LogP contribution in [0.2, 0.25) is 0 Å². The second-order valence-electron chi connectivity index (χ2n) is 5.84. The number of sulfonamides is 1. The van der Waals surface area contributed by atoms with Crippen LogP contribution in [0.3, 0.4) is 0 Å². The molecule has 1 N–H and O–H groups in total. The molecule has 0 radical (unpaired) electrons. The first-order valence-electron chi connectivity index (χ1n) is 8.16. The molecular formula is C15H15N5O5S2. The number of anilines is 1. The molecule has 142 valence electrons. The molecule has 0 bridgehead atoms. The molecule has 1 fully saturated rings. The van der Waals surface area contributed by atoms with Crippen LogP contribution >= 0.6 is 11.3 Å². The number of hydrogen-bond acceptors (Lipinski definition) is 9. The van der Waals surface area contributed by atoms with Crippen LogP contribution in [0.5, 0.6) is 0 Å². The smallest absolute Gasteiger partial charge is 0.322 e. The first kappa shape index (κ1) is 17.8. The Morgan fingerprint density at radius 2 is 2.19 bits per heavy atom. The molecule has 4 rings (SSSR count). The Morgan fingerprint density at radius 1 is 1.30 bits per heavy atom. The predicted octanol–water partition coefficient (Wildman–Crippen LogP) is 1.97. The lowest BCUT2D eigenvalue weighted by atomic mass is 10.0. The van der Waals surface area contributed by atoms with Gasteiger partial charge in [-0.15, -0.1) is 16.4 Å². The summed E-state index contributed by atoms with van der Waals surface area (Å²) in [5.74, 6) is -0.181. The van der Waals surface area contributed by atoms with Gasteiger partial charge in [-0.1, -0.05) is 22.7 Å². The first-order valence-corrected chi connectivity index (χ1v) is 10.5. The third-order valence-corrected chi connectivity index (χ3v) is 7.40. The summed E-state index contributed by atoms with van der Waals surface area (Å²) in [5.41, 5.74) is 0. The van der Waals surface area contributed by atoms with Gasteiger partial charge in [0.25, 0.3) is 15.9 Å². The summed E-state index contributed by atoms with van der Waals surface area (Å²) < 4.78 is 37.4. The van der Waals surface area contributed by atoms with Gasteiger partial charge in [0.1, 0.15) is 10.3 Å². The van der Waals surface area contributed by atoms with Gasteiger partial charge in [0.2, 0.25) is 11.7 Å². The Morgan fingerprint density at radius 3 is 2.93 bits per heavy atom. The van der Waals surface area contributed by atoms with Crippen LogP contribution in [-0.2, 0) is 14.8 Å². The zero-order valence-electron chi connectivity index (χ0n) is 13.9. The fourth-order valence-corrected chi connectivity index (χ4v) is 5.64. The fourth-order valence-electron chi connectivity index (χ4n) is 2.87. The Kier molecular flexibility index (Phi) is 4.76. The third kappa shape index (κ3) is 3.50. The van der Waals surface area contributed by atoms with E-state index in [0.717, 1.165) is 17.8 Å². The standard InChI is InChI=1S/C15H15N5O5S2/c21-13(17-15-19-18-14(24-15)11-6-7-16-25-11)10-4-1-2-8-20(10)27(22,23)12-5-3-9-26-12/h3,5-7,9-10H,1-2,4,8H2,(H,17,19,21). The quantitative estimate of drug-likeness (QED) is 0.676. The molecule has 4 heterocycles. The molecule has 12 heteroatoms. The molecule has 27 heavy (non-hydrogen) atoms. The fraction of sp³-hybridized carbons (Fsp3) is 0.333. The largest absolute Gasteiger partial charge is 0.400 e. The van der Waals surface area contributed by atoms with Crippen molar-refractivity contribution in [2.45, 2.75) is 29.5 Å². The summed E-state index contributed by atoms with van der Waals surface area (Å²) in [4.78, 5) is 12.7. The maximum absolute atomic E-state index is 12.9. The van der Waals surface area contributed by atoms with Gasteiger partial charge in [-0.05, 0) is 24.3 Å². The number of hydrogen-bond donors (Lipinski definition) is 1. The minimum atomic E-state index is -3.73. The predicted molar refractivity (Wildman–Crippen MR) is 94.3 cm³/mol. The summed E-state index contributed by atoms with van der Waals surface area (Å²) in [7, 11) is -3.73. The number of thiophene rings is 1. The zero-order chi connectivity index (χ0) is 18.9. The van der Waals surface area contributed by atoms with Crippen LogP contribution < -0.4 is 5.32 Å². The number of nitrogens with one attached hydrogen (secondary N) is 1.